The summed E-state index contributed by atoms with van der Waals surface area (Å²) in [6, 6.07) is 20.3. The van der Waals surface area contributed by atoms with Gasteiger partial charge in [-0.1, -0.05) is 48.5 Å². The minimum atomic E-state index is -0.799. The number of hydrogen-bond donors (Lipinski definition) is 1. The standard InChI is InChI=1S/C30H30N4O6/c1-21(35)34(26-16-7-6-15-25(26)28(37)22-11-4-3-5-12-22)33(20-27(36)32-17-8-9-18-32)30(39)31-24-14-10-13-23(19-24)29(38)40-2/h3-7,10-16,19H,8-9,17-18,20H2,1-2H3,(H,31,39). The van der Waals surface area contributed by atoms with E-state index in [1.165, 1.54) is 26.2 Å². The number of hydrazine groups is 1. The molecule has 0 spiro atoms. The van der Waals surface area contributed by atoms with Gasteiger partial charge in [0.2, 0.25) is 11.8 Å². The molecule has 3 aromatic rings. The number of likely N-dealkylation sites (tertiary alicyclic amines) is 1. The highest BCUT2D eigenvalue weighted by Gasteiger charge is 2.32. The number of para-hydroxylation sites is 1. The summed E-state index contributed by atoms with van der Waals surface area (Å²) in [7, 11) is 1.25. The number of carbonyl (C=O) groups excluding carboxylic acids is 5. The van der Waals surface area contributed by atoms with E-state index in [0.29, 0.717) is 18.7 Å². The lowest BCUT2D eigenvalue weighted by Crippen LogP contribution is -2.55. The number of ether oxygens (including phenoxy) is 1. The maximum Gasteiger partial charge on any atom is 0.341 e. The summed E-state index contributed by atoms with van der Waals surface area (Å²) in [6.07, 6.45) is 1.70. The van der Waals surface area contributed by atoms with E-state index in [1.54, 1.807) is 71.6 Å². The summed E-state index contributed by atoms with van der Waals surface area (Å²) in [6.45, 7) is 1.91. The Balaban J connectivity index is 1.74. The number of methoxy groups -OCH3 is 1. The Morgan fingerprint density at radius 3 is 2.17 bits per heavy atom. The van der Waals surface area contributed by atoms with Crippen LogP contribution in [0, 0.1) is 0 Å². The number of anilines is 2. The van der Waals surface area contributed by atoms with Crippen LogP contribution in [0.4, 0.5) is 16.2 Å². The molecule has 1 heterocycles. The molecule has 40 heavy (non-hydrogen) atoms. The number of hydrogen-bond acceptors (Lipinski definition) is 6. The predicted molar refractivity (Wildman–Crippen MR) is 149 cm³/mol. The third kappa shape index (κ3) is 6.35. The van der Waals surface area contributed by atoms with E-state index >= 15 is 0 Å². The second-order valence-electron chi connectivity index (χ2n) is 9.19. The van der Waals surface area contributed by atoms with Crippen LogP contribution >= 0.6 is 0 Å². The number of urea groups is 1. The van der Waals surface area contributed by atoms with Gasteiger partial charge in [0, 0.05) is 36.8 Å². The molecular formula is C30H30N4O6. The van der Waals surface area contributed by atoms with Gasteiger partial charge in [-0.25, -0.2) is 19.6 Å². The zero-order valence-corrected chi connectivity index (χ0v) is 22.3. The molecule has 0 aromatic heterocycles. The first-order chi connectivity index (χ1) is 19.3. The monoisotopic (exact) mass is 542 g/mol. The normalized spacial score (nSPS) is 12.4. The molecule has 206 valence electrons. The van der Waals surface area contributed by atoms with Gasteiger partial charge in [-0.3, -0.25) is 14.4 Å². The molecular weight excluding hydrogens is 512 g/mol. The molecule has 1 N–H and O–H groups in total. The molecule has 3 aromatic carbocycles. The van der Waals surface area contributed by atoms with Crippen LogP contribution in [0.5, 0.6) is 0 Å². The van der Waals surface area contributed by atoms with Crippen molar-refractivity contribution in [3.63, 3.8) is 0 Å². The van der Waals surface area contributed by atoms with Crippen LogP contribution in [0.25, 0.3) is 0 Å². The smallest absolute Gasteiger partial charge is 0.341 e. The van der Waals surface area contributed by atoms with Gasteiger partial charge in [0.05, 0.1) is 18.4 Å². The van der Waals surface area contributed by atoms with Gasteiger partial charge in [-0.2, -0.15) is 0 Å². The minimum absolute atomic E-state index is 0.150. The van der Waals surface area contributed by atoms with Gasteiger partial charge in [-0.15, -0.1) is 0 Å². The number of esters is 1. The molecule has 0 bridgehead atoms. The first kappa shape index (κ1) is 28.0. The Morgan fingerprint density at radius 2 is 1.50 bits per heavy atom. The largest absolute Gasteiger partial charge is 0.465 e. The fourth-order valence-corrected chi connectivity index (χ4v) is 4.52. The minimum Gasteiger partial charge on any atom is -0.465 e. The number of carbonyl (C=O) groups is 5. The molecule has 1 aliphatic heterocycles. The Kier molecular flexibility index (Phi) is 8.90. The van der Waals surface area contributed by atoms with Crippen LogP contribution in [-0.4, -0.2) is 66.3 Å². The van der Waals surface area contributed by atoms with Crippen molar-refractivity contribution in [1.29, 1.82) is 0 Å². The fourth-order valence-electron chi connectivity index (χ4n) is 4.52. The maximum atomic E-state index is 13.7. The van der Waals surface area contributed by atoms with Crippen molar-refractivity contribution in [3.05, 3.63) is 95.6 Å². The Morgan fingerprint density at radius 1 is 0.850 bits per heavy atom. The van der Waals surface area contributed by atoms with Gasteiger partial charge in [0.15, 0.2) is 5.78 Å². The van der Waals surface area contributed by atoms with E-state index in [1.807, 2.05) is 0 Å². The summed E-state index contributed by atoms with van der Waals surface area (Å²) in [4.78, 5) is 67.2. The average molecular weight is 543 g/mol. The maximum absolute atomic E-state index is 13.7. The molecule has 10 nitrogen and oxygen atoms in total. The van der Waals surface area contributed by atoms with Crippen molar-refractivity contribution in [2.45, 2.75) is 19.8 Å². The molecule has 1 aliphatic rings. The van der Waals surface area contributed by atoms with Crippen molar-refractivity contribution in [3.8, 4) is 0 Å². The van der Waals surface area contributed by atoms with Gasteiger partial charge >= 0.3 is 12.0 Å². The number of amides is 4. The number of nitrogens with zero attached hydrogens (tertiary/aromatic N) is 3. The fraction of sp³-hybridized carbons (Fsp3) is 0.233. The van der Waals surface area contributed by atoms with E-state index < -0.39 is 24.5 Å². The highest BCUT2D eigenvalue weighted by atomic mass is 16.5. The Bertz CT molecular complexity index is 1420. The molecule has 4 rings (SSSR count). The molecule has 0 aliphatic carbocycles. The van der Waals surface area contributed by atoms with Gasteiger partial charge in [0.1, 0.15) is 6.54 Å². The van der Waals surface area contributed by atoms with Gasteiger partial charge < -0.3 is 15.0 Å². The Hall–Kier alpha value is -4.99. The molecule has 0 saturated carbocycles. The van der Waals surface area contributed by atoms with Crippen LogP contribution in [0.3, 0.4) is 0 Å². The average Bonchev–Trinajstić information content (AvgIpc) is 3.52. The second kappa shape index (κ2) is 12.7. The Labute approximate surface area is 232 Å². The first-order valence-corrected chi connectivity index (χ1v) is 12.8. The van der Waals surface area contributed by atoms with Crippen molar-refractivity contribution in [2.24, 2.45) is 0 Å². The molecule has 0 radical (unpaired) electrons. The number of nitrogens with one attached hydrogen (secondary N) is 1. The van der Waals surface area contributed by atoms with E-state index in [0.717, 1.165) is 22.9 Å². The van der Waals surface area contributed by atoms with Crippen LogP contribution in [0.1, 0.15) is 46.0 Å². The van der Waals surface area contributed by atoms with Crippen LogP contribution < -0.4 is 10.3 Å². The number of rotatable bonds is 7. The predicted octanol–water partition coefficient (Wildman–Crippen LogP) is 4.13. The topological polar surface area (TPSA) is 116 Å². The molecule has 4 amide bonds. The van der Waals surface area contributed by atoms with Gasteiger partial charge in [-0.05, 0) is 43.2 Å². The summed E-state index contributed by atoms with van der Waals surface area (Å²) in [5.41, 5.74) is 1.20. The summed E-state index contributed by atoms with van der Waals surface area (Å²) in [5, 5.41) is 4.71. The molecule has 1 fully saturated rings. The number of ketones is 1. The zero-order chi connectivity index (χ0) is 28.6. The highest BCUT2D eigenvalue weighted by Crippen LogP contribution is 2.26. The van der Waals surface area contributed by atoms with Crippen molar-refractivity contribution in [1.82, 2.24) is 9.91 Å². The van der Waals surface area contributed by atoms with Crippen LogP contribution in [0.15, 0.2) is 78.9 Å². The SMILES string of the molecule is COC(=O)c1cccc(NC(=O)N(CC(=O)N2CCCC2)N(C(C)=O)c2ccccc2C(=O)c2ccccc2)c1. The van der Waals surface area contributed by atoms with Crippen molar-refractivity contribution >= 4 is 41.0 Å². The molecule has 0 atom stereocenters. The molecule has 1 saturated heterocycles. The van der Waals surface area contributed by atoms with Gasteiger partial charge in [0.25, 0.3) is 0 Å². The van der Waals surface area contributed by atoms with E-state index in [2.05, 4.69) is 5.32 Å². The summed E-state index contributed by atoms with van der Waals surface area (Å²) in [5.74, 6) is -1.86. The molecule has 0 unspecified atom stereocenters. The quantitative estimate of drug-likeness (QED) is 0.273. The molecule has 10 heteroatoms. The zero-order valence-electron chi connectivity index (χ0n) is 22.3. The lowest BCUT2D eigenvalue weighted by molar-refractivity contribution is -0.131. The third-order valence-corrected chi connectivity index (χ3v) is 6.47. The van der Waals surface area contributed by atoms with Crippen molar-refractivity contribution in [2.75, 3.05) is 37.1 Å². The first-order valence-electron chi connectivity index (χ1n) is 12.8. The summed E-state index contributed by atoms with van der Waals surface area (Å²) >= 11 is 0. The lowest BCUT2D eigenvalue weighted by atomic mass is 10.0. The van der Waals surface area contributed by atoms with Crippen LogP contribution in [-0.2, 0) is 14.3 Å². The lowest BCUT2D eigenvalue weighted by Gasteiger charge is -2.35. The second-order valence-corrected chi connectivity index (χ2v) is 9.19. The third-order valence-electron chi connectivity index (χ3n) is 6.47. The van der Waals surface area contributed by atoms with E-state index in [4.69, 9.17) is 4.74 Å². The summed E-state index contributed by atoms with van der Waals surface area (Å²) < 4.78 is 4.76. The highest BCUT2D eigenvalue weighted by molar-refractivity contribution is 6.14. The number of benzene rings is 3. The van der Waals surface area contributed by atoms with E-state index in [-0.39, 0.29) is 34.2 Å². The van der Waals surface area contributed by atoms with E-state index in [9.17, 15) is 24.0 Å². The van der Waals surface area contributed by atoms with Crippen molar-refractivity contribution < 1.29 is 28.7 Å². The van der Waals surface area contributed by atoms with Crippen LogP contribution in [0.2, 0.25) is 0 Å².